The van der Waals surface area contributed by atoms with Crippen molar-refractivity contribution in [3.63, 3.8) is 0 Å². The summed E-state index contributed by atoms with van der Waals surface area (Å²) in [5.74, 6) is 0. The Balaban J connectivity index is 1.22. The van der Waals surface area contributed by atoms with E-state index in [0.29, 0.717) is 0 Å². The molecule has 0 saturated carbocycles. The fourth-order valence-electron chi connectivity index (χ4n) is 6.27. The molecule has 0 radical (unpaired) electrons. The lowest BCUT2D eigenvalue weighted by Crippen LogP contribution is -2.41. The van der Waals surface area contributed by atoms with Gasteiger partial charge in [-0.1, -0.05) is 91.0 Å². The number of rotatable bonds is 5. The minimum Gasteiger partial charge on any atom is -0.454 e. The Morgan fingerprint density at radius 1 is 0.533 bits per heavy atom. The van der Waals surface area contributed by atoms with Crippen molar-refractivity contribution in [1.82, 2.24) is 0 Å². The third kappa shape index (κ3) is 4.71. The van der Waals surface area contributed by atoms with Crippen molar-refractivity contribution in [2.45, 2.75) is 38.9 Å². The summed E-state index contributed by atoms with van der Waals surface area (Å²) < 4.78 is 19.2. The second kappa shape index (κ2) is 10.4. The smallest absolute Gasteiger partial charge is 0.454 e. The van der Waals surface area contributed by atoms with Gasteiger partial charge in [0.1, 0.15) is 5.58 Å². The first-order chi connectivity index (χ1) is 21.8. The SMILES string of the molecule is CC1(C)OB(c2ccc(N(c3ccc(-c4ccc5ccccc5c4)cc3)c3cccc4c3oc3ccccc34)cc2)OC1(C)C. The zero-order chi connectivity index (χ0) is 30.8. The lowest BCUT2D eigenvalue weighted by atomic mass is 9.79. The van der Waals surface area contributed by atoms with E-state index in [2.05, 4.69) is 154 Å². The average Bonchev–Trinajstić information content (AvgIpc) is 3.54. The van der Waals surface area contributed by atoms with Crippen LogP contribution in [0, 0.1) is 0 Å². The van der Waals surface area contributed by atoms with Gasteiger partial charge in [0.15, 0.2) is 5.58 Å². The van der Waals surface area contributed by atoms with Gasteiger partial charge in [-0.15, -0.1) is 0 Å². The van der Waals surface area contributed by atoms with Gasteiger partial charge in [0.2, 0.25) is 0 Å². The molecular formula is C40H34BNO3. The number of fused-ring (bicyclic) bond motifs is 4. The highest BCUT2D eigenvalue weighted by molar-refractivity contribution is 6.62. The zero-order valence-corrected chi connectivity index (χ0v) is 26.0. The van der Waals surface area contributed by atoms with Gasteiger partial charge in [0.05, 0.1) is 16.9 Å². The number of anilines is 3. The molecule has 0 bridgehead atoms. The van der Waals surface area contributed by atoms with E-state index in [-0.39, 0.29) is 0 Å². The summed E-state index contributed by atoms with van der Waals surface area (Å²) in [6, 6.07) is 47.0. The second-order valence-corrected chi connectivity index (χ2v) is 12.9. The summed E-state index contributed by atoms with van der Waals surface area (Å²) in [5.41, 5.74) is 7.32. The van der Waals surface area contributed by atoms with E-state index in [9.17, 15) is 0 Å². The average molecular weight is 588 g/mol. The van der Waals surface area contributed by atoms with Crippen LogP contribution in [0.1, 0.15) is 27.7 Å². The van der Waals surface area contributed by atoms with E-state index in [1.54, 1.807) is 0 Å². The van der Waals surface area contributed by atoms with Gasteiger partial charge in [-0.05, 0) is 97.5 Å². The quantitative estimate of drug-likeness (QED) is 0.188. The highest BCUT2D eigenvalue weighted by Gasteiger charge is 2.51. The van der Waals surface area contributed by atoms with Gasteiger partial charge >= 0.3 is 7.12 Å². The van der Waals surface area contributed by atoms with E-state index in [1.807, 2.05) is 12.1 Å². The monoisotopic (exact) mass is 587 g/mol. The molecule has 7 aromatic rings. The molecule has 220 valence electrons. The molecule has 2 heterocycles. The molecule has 0 unspecified atom stereocenters. The van der Waals surface area contributed by atoms with Crippen LogP contribution in [0.4, 0.5) is 17.1 Å². The first-order valence-electron chi connectivity index (χ1n) is 15.5. The van der Waals surface area contributed by atoms with Gasteiger partial charge in [0, 0.05) is 22.1 Å². The van der Waals surface area contributed by atoms with E-state index < -0.39 is 18.3 Å². The summed E-state index contributed by atoms with van der Waals surface area (Å²) in [4.78, 5) is 2.27. The number of para-hydroxylation sites is 2. The lowest BCUT2D eigenvalue weighted by Gasteiger charge is -2.32. The summed E-state index contributed by atoms with van der Waals surface area (Å²) in [6.45, 7) is 8.33. The molecule has 1 aliphatic rings. The standard InChI is InChI=1S/C40H34BNO3/c1-39(2)40(3,4)45-41(44-39)31-20-24-33(25-21-31)42(36-14-9-13-35-34-12-7-8-15-37(34)43-38(35)36)32-22-18-28(19-23-32)30-17-16-27-10-5-6-11-29(27)26-30/h5-26H,1-4H3. The molecule has 0 N–H and O–H groups in total. The Kier molecular flexibility index (Phi) is 6.38. The normalized spacial score (nSPS) is 15.7. The molecule has 0 spiro atoms. The Hall–Kier alpha value is -4.84. The summed E-state index contributed by atoms with van der Waals surface area (Å²) in [7, 11) is -0.419. The third-order valence-electron chi connectivity index (χ3n) is 9.51. The van der Waals surface area contributed by atoms with Crippen LogP contribution >= 0.6 is 0 Å². The molecule has 45 heavy (non-hydrogen) atoms. The van der Waals surface area contributed by atoms with E-state index >= 15 is 0 Å². The van der Waals surface area contributed by atoms with Crippen LogP contribution in [0.15, 0.2) is 138 Å². The van der Waals surface area contributed by atoms with Crippen LogP contribution in [0.25, 0.3) is 43.8 Å². The molecule has 1 saturated heterocycles. The Labute approximate surface area is 264 Å². The Morgan fingerprint density at radius 3 is 1.87 bits per heavy atom. The molecule has 1 aliphatic heterocycles. The molecule has 0 atom stereocenters. The van der Waals surface area contributed by atoms with Gasteiger partial charge in [-0.2, -0.15) is 0 Å². The molecule has 1 aromatic heterocycles. The second-order valence-electron chi connectivity index (χ2n) is 12.9. The van der Waals surface area contributed by atoms with Crippen LogP contribution in [0.5, 0.6) is 0 Å². The molecule has 0 amide bonds. The van der Waals surface area contributed by atoms with Crippen LogP contribution in [-0.2, 0) is 9.31 Å². The van der Waals surface area contributed by atoms with Gasteiger partial charge in [0.25, 0.3) is 0 Å². The Bertz CT molecular complexity index is 2160. The van der Waals surface area contributed by atoms with Crippen LogP contribution in [-0.4, -0.2) is 18.3 Å². The van der Waals surface area contributed by atoms with Crippen LogP contribution in [0.3, 0.4) is 0 Å². The maximum atomic E-state index is 6.51. The number of benzene rings is 6. The highest BCUT2D eigenvalue weighted by atomic mass is 16.7. The number of furan rings is 1. The van der Waals surface area contributed by atoms with E-state index in [0.717, 1.165) is 44.5 Å². The van der Waals surface area contributed by atoms with E-state index in [4.69, 9.17) is 13.7 Å². The number of nitrogens with zero attached hydrogens (tertiary/aromatic N) is 1. The molecule has 6 aromatic carbocycles. The topological polar surface area (TPSA) is 34.8 Å². The maximum absolute atomic E-state index is 6.51. The fraction of sp³-hybridized carbons (Fsp3) is 0.150. The first-order valence-corrected chi connectivity index (χ1v) is 15.5. The largest absolute Gasteiger partial charge is 0.494 e. The fourth-order valence-corrected chi connectivity index (χ4v) is 6.27. The molecule has 1 fully saturated rings. The molecule has 0 aliphatic carbocycles. The first kappa shape index (κ1) is 27.7. The third-order valence-corrected chi connectivity index (χ3v) is 9.51. The molecule has 4 nitrogen and oxygen atoms in total. The molecular weight excluding hydrogens is 553 g/mol. The molecule has 5 heteroatoms. The number of hydrogen-bond acceptors (Lipinski definition) is 4. The summed E-state index contributed by atoms with van der Waals surface area (Å²) >= 11 is 0. The van der Waals surface area contributed by atoms with Crippen molar-refractivity contribution in [2.75, 3.05) is 4.90 Å². The zero-order valence-electron chi connectivity index (χ0n) is 26.0. The maximum Gasteiger partial charge on any atom is 0.494 e. The molecule has 8 rings (SSSR count). The van der Waals surface area contributed by atoms with E-state index in [1.165, 1.54) is 21.9 Å². The van der Waals surface area contributed by atoms with Crippen molar-refractivity contribution >= 4 is 62.4 Å². The van der Waals surface area contributed by atoms with Crippen LogP contribution in [0.2, 0.25) is 0 Å². The summed E-state index contributed by atoms with van der Waals surface area (Å²) in [5, 5.41) is 4.68. The predicted octanol–water partition coefficient (Wildman–Crippen LogP) is 10.2. The minimum absolute atomic E-state index is 0.397. The highest BCUT2D eigenvalue weighted by Crippen LogP contribution is 2.43. The lowest BCUT2D eigenvalue weighted by molar-refractivity contribution is 0.00578. The Morgan fingerprint density at radius 2 is 1.13 bits per heavy atom. The summed E-state index contributed by atoms with van der Waals surface area (Å²) in [6.07, 6.45) is 0. The van der Waals surface area contributed by atoms with Crippen LogP contribution < -0.4 is 10.4 Å². The predicted molar refractivity (Wildman–Crippen MR) is 187 cm³/mol. The van der Waals surface area contributed by atoms with Crippen molar-refractivity contribution in [3.05, 3.63) is 133 Å². The van der Waals surface area contributed by atoms with Gasteiger partial charge < -0.3 is 18.6 Å². The van der Waals surface area contributed by atoms with Crippen molar-refractivity contribution in [3.8, 4) is 11.1 Å². The minimum atomic E-state index is -0.419. The van der Waals surface area contributed by atoms with Gasteiger partial charge in [-0.25, -0.2) is 0 Å². The van der Waals surface area contributed by atoms with Crippen molar-refractivity contribution < 1.29 is 13.7 Å². The van der Waals surface area contributed by atoms with Gasteiger partial charge in [-0.3, -0.25) is 0 Å². The van der Waals surface area contributed by atoms with Crippen molar-refractivity contribution in [1.29, 1.82) is 0 Å². The number of hydrogen-bond donors (Lipinski definition) is 0. The van der Waals surface area contributed by atoms with Crippen molar-refractivity contribution in [2.24, 2.45) is 0 Å².